The quantitative estimate of drug-likeness (QED) is 0.391. The third-order valence-electron chi connectivity index (χ3n) is 10.0. The summed E-state index contributed by atoms with van der Waals surface area (Å²) in [5, 5.41) is 6.89. The van der Waals surface area contributed by atoms with Crippen molar-refractivity contribution in [1.29, 1.82) is 0 Å². The summed E-state index contributed by atoms with van der Waals surface area (Å²) < 4.78 is 27.1. The zero-order valence-corrected chi connectivity index (χ0v) is 23.2. The fourth-order valence-corrected chi connectivity index (χ4v) is 7.60. The van der Waals surface area contributed by atoms with Gasteiger partial charge in [0.1, 0.15) is 5.82 Å². The largest absolute Gasteiger partial charge is 0.483 e. The number of carboxylic acid groups (broad SMARTS) is 1. The molecule has 1 aromatic carbocycles. The summed E-state index contributed by atoms with van der Waals surface area (Å²) in [5.41, 5.74) is 3.06. The molecule has 3 saturated carbocycles. The Morgan fingerprint density at radius 2 is 1.30 bits per heavy atom. The lowest BCUT2D eigenvalue weighted by molar-refractivity contribution is -0.182. The van der Waals surface area contributed by atoms with Gasteiger partial charge < -0.3 is 14.6 Å². The van der Waals surface area contributed by atoms with Crippen LogP contribution in [0, 0.1) is 42.3 Å². The minimum Gasteiger partial charge on any atom is -0.483 e. The fourth-order valence-electron chi connectivity index (χ4n) is 7.60. The van der Waals surface area contributed by atoms with Crippen LogP contribution in [0.2, 0.25) is 0 Å². The molecule has 1 spiro atoms. The molecular formula is C32H49FO4. The zero-order chi connectivity index (χ0) is 26.3. The molecule has 1 aliphatic heterocycles. The highest BCUT2D eigenvalue weighted by atomic mass is 19.1. The van der Waals surface area contributed by atoms with Gasteiger partial charge in [-0.15, -0.1) is 0 Å². The van der Waals surface area contributed by atoms with Gasteiger partial charge in [-0.25, -0.2) is 4.39 Å². The van der Waals surface area contributed by atoms with Crippen molar-refractivity contribution in [3.05, 3.63) is 34.6 Å². The maximum absolute atomic E-state index is 15.4. The minimum absolute atomic E-state index is 0.0747. The Labute approximate surface area is 223 Å². The fraction of sp³-hybridized carbons (Fsp3) is 0.781. The molecule has 0 atom stereocenters. The predicted octanol–water partition coefficient (Wildman–Crippen LogP) is 7.88. The third kappa shape index (κ3) is 7.79. The smallest absolute Gasteiger partial charge is 0.290 e. The summed E-state index contributed by atoms with van der Waals surface area (Å²) in [4.78, 5) is 8.36. The van der Waals surface area contributed by atoms with Gasteiger partial charge in [-0.2, -0.15) is 0 Å². The molecule has 208 valence electrons. The van der Waals surface area contributed by atoms with Gasteiger partial charge in [0.2, 0.25) is 0 Å². The second-order valence-electron chi connectivity index (χ2n) is 12.6. The van der Waals surface area contributed by atoms with Crippen molar-refractivity contribution in [2.45, 2.75) is 116 Å². The van der Waals surface area contributed by atoms with Gasteiger partial charge in [-0.05, 0) is 98.1 Å². The molecule has 0 bridgehead atoms. The monoisotopic (exact) mass is 516 g/mol. The molecule has 1 heterocycles. The lowest BCUT2D eigenvalue weighted by atomic mass is 9.72. The standard InChI is InChI=1S/C31H47FO2.CH2O2/c1-22-3-5-24(6-4-22)19-25-7-9-26(10-8-25)21-29-12-11-28(23(2)30(29)32)20-27-13-15-31(16-14-27)33-17-18-34-31;2-1-3/h11-12,22,24-27H,3-10,13-21H2,1-2H3;1H,(H,2,3). The Morgan fingerprint density at radius 3 is 1.89 bits per heavy atom. The van der Waals surface area contributed by atoms with E-state index in [1.54, 1.807) is 0 Å². The molecule has 5 heteroatoms. The second kappa shape index (κ2) is 13.6. The van der Waals surface area contributed by atoms with E-state index in [2.05, 4.69) is 19.1 Å². The van der Waals surface area contributed by atoms with Gasteiger partial charge in [0.25, 0.3) is 6.47 Å². The molecule has 37 heavy (non-hydrogen) atoms. The van der Waals surface area contributed by atoms with Gasteiger partial charge in [-0.1, -0.05) is 57.6 Å². The lowest BCUT2D eigenvalue weighted by Crippen LogP contribution is -2.35. The molecule has 4 nitrogen and oxygen atoms in total. The summed E-state index contributed by atoms with van der Waals surface area (Å²) in [6.07, 6.45) is 18.7. The number of carbonyl (C=O) groups is 1. The number of halogens is 1. The van der Waals surface area contributed by atoms with Crippen LogP contribution in [0.15, 0.2) is 12.1 Å². The Hall–Kier alpha value is -1.46. The molecule has 0 amide bonds. The molecule has 4 fully saturated rings. The number of ether oxygens (including phenoxy) is 2. The number of hydrogen-bond acceptors (Lipinski definition) is 3. The van der Waals surface area contributed by atoms with Crippen LogP contribution in [0.5, 0.6) is 0 Å². The van der Waals surface area contributed by atoms with E-state index in [-0.39, 0.29) is 18.1 Å². The highest BCUT2D eigenvalue weighted by molar-refractivity contribution is 5.34. The van der Waals surface area contributed by atoms with Crippen molar-refractivity contribution in [3.63, 3.8) is 0 Å². The third-order valence-corrected chi connectivity index (χ3v) is 10.0. The lowest BCUT2D eigenvalue weighted by Gasteiger charge is -2.35. The van der Waals surface area contributed by atoms with Crippen LogP contribution in [0.25, 0.3) is 0 Å². The first kappa shape index (κ1) is 28.5. The van der Waals surface area contributed by atoms with Crippen LogP contribution < -0.4 is 0 Å². The van der Waals surface area contributed by atoms with Gasteiger partial charge in [0.15, 0.2) is 5.79 Å². The molecule has 5 rings (SSSR count). The summed E-state index contributed by atoms with van der Waals surface area (Å²) in [6.45, 7) is 5.64. The summed E-state index contributed by atoms with van der Waals surface area (Å²) >= 11 is 0. The van der Waals surface area contributed by atoms with Crippen molar-refractivity contribution in [1.82, 2.24) is 0 Å². The number of rotatable bonds is 6. The first-order valence-corrected chi connectivity index (χ1v) is 15.0. The summed E-state index contributed by atoms with van der Waals surface area (Å²) in [5.74, 6) is 3.93. The molecule has 0 radical (unpaired) electrons. The highest BCUT2D eigenvalue weighted by Crippen LogP contribution is 2.41. The Bertz CT molecular complexity index is 839. The maximum Gasteiger partial charge on any atom is 0.290 e. The Kier molecular flexibility index (Phi) is 10.5. The predicted molar refractivity (Wildman–Crippen MR) is 145 cm³/mol. The van der Waals surface area contributed by atoms with Crippen LogP contribution >= 0.6 is 0 Å². The Balaban J connectivity index is 0.00000102. The van der Waals surface area contributed by atoms with Gasteiger partial charge in [0.05, 0.1) is 13.2 Å². The van der Waals surface area contributed by atoms with Crippen molar-refractivity contribution in [3.8, 4) is 0 Å². The molecule has 3 aliphatic carbocycles. The first-order valence-electron chi connectivity index (χ1n) is 15.0. The van der Waals surface area contributed by atoms with Crippen molar-refractivity contribution in [2.75, 3.05) is 13.2 Å². The van der Waals surface area contributed by atoms with E-state index >= 15 is 4.39 Å². The van der Waals surface area contributed by atoms with E-state index < -0.39 is 0 Å². The molecule has 1 N–H and O–H groups in total. The van der Waals surface area contributed by atoms with E-state index in [4.69, 9.17) is 19.4 Å². The maximum atomic E-state index is 15.4. The molecule has 1 aromatic rings. The van der Waals surface area contributed by atoms with Crippen molar-refractivity contribution in [2.24, 2.45) is 29.6 Å². The SMILES string of the molecule is Cc1c(CC2CCC3(CC2)OCCO3)ccc(CC2CCC(CC3CCC(C)CC3)CC2)c1F.O=CO. The summed E-state index contributed by atoms with van der Waals surface area (Å²) in [6, 6.07) is 4.34. The number of benzene rings is 1. The van der Waals surface area contributed by atoms with Gasteiger partial charge in [0, 0.05) is 12.8 Å². The van der Waals surface area contributed by atoms with E-state index in [9.17, 15) is 0 Å². The summed E-state index contributed by atoms with van der Waals surface area (Å²) in [7, 11) is 0. The average Bonchev–Trinajstić information content (AvgIpc) is 3.36. The minimum atomic E-state index is -0.297. The van der Waals surface area contributed by atoms with E-state index in [0.29, 0.717) is 11.8 Å². The van der Waals surface area contributed by atoms with Gasteiger partial charge in [-0.3, -0.25) is 4.79 Å². The topological polar surface area (TPSA) is 55.8 Å². The second-order valence-corrected chi connectivity index (χ2v) is 12.6. The van der Waals surface area contributed by atoms with Crippen LogP contribution in [0.4, 0.5) is 4.39 Å². The van der Waals surface area contributed by atoms with Crippen LogP contribution in [0.1, 0.15) is 107 Å². The highest BCUT2D eigenvalue weighted by Gasteiger charge is 2.40. The molecule has 0 unspecified atom stereocenters. The normalized spacial score (nSPS) is 30.0. The van der Waals surface area contributed by atoms with Crippen LogP contribution in [-0.2, 0) is 27.1 Å². The average molecular weight is 517 g/mol. The van der Waals surface area contributed by atoms with Crippen LogP contribution in [0.3, 0.4) is 0 Å². The molecule has 1 saturated heterocycles. The van der Waals surface area contributed by atoms with Crippen molar-refractivity contribution < 1.29 is 23.8 Å². The zero-order valence-electron chi connectivity index (χ0n) is 23.2. The molecular weight excluding hydrogens is 467 g/mol. The van der Waals surface area contributed by atoms with Crippen molar-refractivity contribution >= 4 is 6.47 Å². The first-order chi connectivity index (χ1) is 17.9. The Morgan fingerprint density at radius 1 is 0.838 bits per heavy atom. The van der Waals surface area contributed by atoms with Gasteiger partial charge >= 0.3 is 0 Å². The van der Waals surface area contributed by atoms with E-state index in [0.717, 1.165) is 80.6 Å². The molecule has 0 aromatic heterocycles. The van der Waals surface area contributed by atoms with E-state index in [1.165, 1.54) is 63.4 Å². The van der Waals surface area contributed by atoms with Crippen LogP contribution in [-0.4, -0.2) is 30.6 Å². The van der Waals surface area contributed by atoms with E-state index in [1.807, 2.05) is 6.92 Å². The number of hydrogen-bond donors (Lipinski definition) is 1. The molecule has 4 aliphatic rings.